The molecule has 0 saturated heterocycles. The van der Waals surface area contributed by atoms with Gasteiger partial charge in [0.15, 0.2) is 0 Å². The quantitative estimate of drug-likeness (QED) is 0.539. The zero-order chi connectivity index (χ0) is 17.4. The summed E-state index contributed by atoms with van der Waals surface area (Å²) in [7, 11) is 1.64. The average Bonchev–Trinajstić information content (AvgIpc) is 2.60. The number of halogens is 1. The van der Waals surface area contributed by atoms with Crippen LogP contribution in [0.3, 0.4) is 0 Å². The molecule has 0 heterocycles. The maximum absolute atomic E-state index is 12.6. The molecular weight excluding hydrogens is 338 g/mol. The minimum absolute atomic E-state index is 0. The third-order valence-corrected chi connectivity index (χ3v) is 3.83. The van der Waals surface area contributed by atoms with Crippen molar-refractivity contribution in [3.8, 4) is 5.75 Å². The molecule has 1 unspecified atom stereocenters. The van der Waals surface area contributed by atoms with E-state index in [-0.39, 0.29) is 18.4 Å². The molecule has 4 nitrogen and oxygen atoms in total. The second kappa shape index (κ2) is 10.7. The number of ether oxygens (including phenoxy) is 2. The fourth-order valence-corrected chi connectivity index (χ4v) is 2.35. The minimum atomic E-state index is -0.410. The molecule has 136 valence electrons. The zero-order valence-corrected chi connectivity index (χ0v) is 15.7. The van der Waals surface area contributed by atoms with E-state index in [2.05, 4.69) is 13.8 Å². The van der Waals surface area contributed by atoms with Gasteiger partial charge in [0.2, 0.25) is 6.04 Å². The average molecular weight is 364 g/mol. The molecule has 2 N–H and O–H groups in total. The Morgan fingerprint density at radius 2 is 1.68 bits per heavy atom. The van der Waals surface area contributed by atoms with Crippen LogP contribution >= 0.6 is 0 Å². The van der Waals surface area contributed by atoms with Crippen LogP contribution in [0.15, 0.2) is 54.6 Å². The van der Waals surface area contributed by atoms with Crippen LogP contribution in [-0.4, -0.2) is 19.7 Å². The van der Waals surface area contributed by atoms with Crippen LogP contribution in [0.2, 0.25) is 0 Å². The van der Waals surface area contributed by atoms with E-state index in [0.717, 1.165) is 23.4 Å². The molecular formula is C20H26ClNO3. The Labute approximate surface area is 155 Å². The van der Waals surface area contributed by atoms with Crippen LogP contribution in [0, 0.1) is 5.92 Å². The number of esters is 1. The fraction of sp³-hybridized carbons (Fsp3) is 0.350. The Kier molecular flexibility index (Phi) is 9.03. The summed E-state index contributed by atoms with van der Waals surface area (Å²) in [5.74, 6) is 1.10. The highest BCUT2D eigenvalue weighted by Gasteiger charge is 2.26. The lowest BCUT2D eigenvalue weighted by Crippen LogP contribution is -3.00. The van der Waals surface area contributed by atoms with Gasteiger partial charge < -0.3 is 21.9 Å². The summed E-state index contributed by atoms with van der Waals surface area (Å²) in [5.41, 5.74) is 1.90. The number of carbonyl (C=O) groups is 1. The summed E-state index contributed by atoms with van der Waals surface area (Å²) in [6.07, 6.45) is 0.871. The highest BCUT2D eigenvalue weighted by Crippen LogP contribution is 2.16. The molecule has 5 heteroatoms. The van der Waals surface area contributed by atoms with Crippen molar-refractivity contribution in [3.05, 3.63) is 60.2 Å². The van der Waals surface area contributed by atoms with E-state index < -0.39 is 6.04 Å². The number of benzene rings is 2. The number of hydrogen-bond acceptors (Lipinski definition) is 3. The van der Waals surface area contributed by atoms with Gasteiger partial charge in [0, 0.05) is 17.7 Å². The smallest absolute Gasteiger partial charge is 0.370 e. The number of rotatable bonds is 8. The van der Waals surface area contributed by atoms with Crippen molar-refractivity contribution in [2.24, 2.45) is 5.92 Å². The summed E-state index contributed by atoms with van der Waals surface area (Å²) in [4.78, 5) is 12.6. The molecule has 0 aromatic heterocycles. The molecule has 2 aromatic carbocycles. The number of methoxy groups -OCH3 is 1. The maximum atomic E-state index is 12.6. The lowest BCUT2D eigenvalue weighted by Gasteiger charge is -2.15. The number of carbonyl (C=O) groups excluding carboxylic acids is 1. The first-order valence-electron chi connectivity index (χ1n) is 8.30. The van der Waals surface area contributed by atoms with Gasteiger partial charge >= 0.3 is 5.97 Å². The molecule has 0 fully saturated rings. The lowest BCUT2D eigenvalue weighted by molar-refractivity contribution is -0.605. The molecule has 0 amide bonds. The van der Waals surface area contributed by atoms with Crippen molar-refractivity contribution in [3.63, 3.8) is 0 Å². The monoisotopic (exact) mass is 363 g/mol. The highest BCUT2D eigenvalue weighted by molar-refractivity contribution is 5.76. The SMILES string of the molecule is COc1ccc([NH2+]C(C(=O)OCCC(C)C)c2ccccc2)cc1.[Cl-]. The molecule has 0 bridgehead atoms. The molecule has 0 spiro atoms. The Morgan fingerprint density at radius 1 is 1.04 bits per heavy atom. The molecule has 0 saturated carbocycles. The Morgan fingerprint density at radius 3 is 2.24 bits per heavy atom. The second-order valence-corrected chi connectivity index (χ2v) is 6.18. The van der Waals surface area contributed by atoms with E-state index in [9.17, 15) is 4.79 Å². The maximum Gasteiger partial charge on any atom is 0.370 e. The lowest BCUT2D eigenvalue weighted by atomic mass is 10.1. The van der Waals surface area contributed by atoms with E-state index in [0.29, 0.717) is 12.5 Å². The largest absolute Gasteiger partial charge is 1.00 e. The molecule has 0 aliphatic heterocycles. The van der Waals surface area contributed by atoms with E-state index in [4.69, 9.17) is 9.47 Å². The molecule has 2 rings (SSSR count). The van der Waals surface area contributed by atoms with Gasteiger partial charge in [-0.1, -0.05) is 44.2 Å². The van der Waals surface area contributed by atoms with Gasteiger partial charge in [0.1, 0.15) is 11.4 Å². The van der Waals surface area contributed by atoms with Gasteiger partial charge in [0.25, 0.3) is 0 Å². The molecule has 2 aromatic rings. The predicted octanol–water partition coefficient (Wildman–Crippen LogP) is 0.225. The van der Waals surface area contributed by atoms with E-state index >= 15 is 0 Å². The summed E-state index contributed by atoms with van der Waals surface area (Å²) < 4.78 is 10.7. The molecule has 0 radical (unpaired) electrons. The normalized spacial score (nSPS) is 11.5. The minimum Gasteiger partial charge on any atom is -1.00 e. The molecule has 0 aliphatic rings. The predicted molar refractivity (Wildman–Crippen MR) is 94.2 cm³/mol. The molecule has 0 aliphatic carbocycles. The summed E-state index contributed by atoms with van der Waals surface area (Å²) in [6.45, 7) is 4.69. The van der Waals surface area contributed by atoms with Crippen LogP contribution in [0.25, 0.3) is 0 Å². The number of quaternary nitrogens is 1. The fourth-order valence-electron chi connectivity index (χ4n) is 2.35. The van der Waals surface area contributed by atoms with Gasteiger partial charge in [-0.05, 0) is 24.5 Å². The number of nitrogens with two attached hydrogens (primary N) is 1. The first-order valence-corrected chi connectivity index (χ1v) is 8.30. The van der Waals surface area contributed by atoms with Crippen LogP contribution in [0.4, 0.5) is 5.69 Å². The Hall–Kier alpha value is -2.04. The van der Waals surface area contributed by atoms with Crippen LogP contribution in [0.5, 0.6) is 5.75 Å². The van der Waals surface area contributed by atoms with Gasteiger partial charge in [0.05, 0.1) is 13.7 Å². The highest BCUT2D eigenvalue weighted by atomic mass is 35.5. The van der Waals surface area contributed by atoms with E-state index in [1.54, 1.807) is 7.11 Å². The Bertz CT molecular complexity index is 629. The molecule has 1 atom stereocenters. The third-order valence-electron chi connectivity index (χ3n) is 3.83. The topological polar surface area (TPSA) is 52.1 Å². The van der Waals surface area contributed by atoms with Crippen LogP contribution < -0.4 is 22.5 Å². The van der Waals surface area contributed by atoms with Gasteiger partial charge in [-0.25, -0.2) is 4.79 Å². The zero-order valence-electron chi connectivity index (χ0n) is 14.9. The van der Waals surface area contributed by atoms with Crippen LogP contribution in [-0.2, 0) is 9.53 Å². The molecule has 25 heavy (non-hydrogen) atoms. The van der Waals surface area contributed by atoms with Gasteiger partial charge in [-0.15, -0.1) is 0 Å². The van der Waals surface area contributed by atoms with Crippen molar-refractivity contribution in [1.82, 2.24) is 0 Å². The second-order valence-electron chi connectivity index (χ2n) is 6.18. The first kappa shape index (κ1) is 21.0. The summed E-state index contributed by atoms with van der Waals surface area (Å²) in [6, 6.07) is 17.0. The van der Waals surface area contributed by atoms with Crippen molar-refractivity contribution in [2.45, 2.75) is 26.3 Å². The van der Waals surface area contributed by atoms with Crippen LogP contribution in [0.1, 0.15) is 31.9 Å². The van der Waals surface area contributed by atoms with Crippen molar-refractivity contribution in [1.29, 1.82) is 0 Å². The first-order chi connectivity index (χ1) is 11.6. The van der Waals surface area contributed by atoms with Crippen molar-refractivity contribution in [2.75, 3.05) is 13.7 Å². The van der Waals surface area contributed by atoms with Gasteiger partial charge in [-0.2, -0.15) is 0 Å². The van der Waals surface area contributed by atoms with Crippen molar-refractivity contribution >= 4 is 11.7 Å². The van der Waals surface area contributed by atoms with Gasteiger partial charge in [-0.3, -0.25) is 5.32 Å². The van der Waals surface area contributed by atoms with E-state index in [1.807, 2.05) is 59.9 Å². The standard InChI is InChI=1S/C20H25NO3.ClH/c1-15(2)13-14-24-20(22)19(16-7-5-4-6-8-16)21-17-9-11-18(23-3)12-10-17;/h4-12,15,19,21H,13-14H2,1-3H3;1H. The van der Waals surface area contributed by atoms with E-state index in [1.165, 1.54) is 0 Å². The Balaban J connectivity index is 0.00000312. The third kappa shape index (κ3) is 6.77. The summed E-state index contributed by atoms with van der Waals surface area (Å²) in [5, 5.41) is 1.94. The summed E-state index contributed by atoms with van der Waals surface area (Å²) >= 11 is 0. The number of hydrogen-bond donors (Lipinski definition) is 1. The van der Waals surface area contributed by atoms with Crippen molar-refractivity contribution < 1.29 is 32.0 Å².